The molecule has 0 radical (unpaired) electrons. The second-order valence-corrected chi connectivity index (χ2v) is 4.92. The minimum absolute atomic E-state index is 0.0923. The fraction of sp³-hybridized carbons (Fsp3) is 0.143. The second-order valence-electron chi connectivity index (χ2n) is 4.92. The Hall–Kier alpha value is -3.23. The van der Waals surface area contributed by atoms with Gasteiger partial charge in [-0.15, -0.1) is 0 Å². The van der Waals surface area contributed by atoms with Gasteiger partial charge < -0.3 is 10.1 Å². The number of nitrogens with one attached hydrogen (secondary N) is 3. The summed E-state index contributed by atoms with van der Waals surface area (Å²) in [7, 11) is 0. The van der Waals surface area contributed by atoms with Crippen LogP contribution in [0, 0.1) is 12.7 Å². The zero-order valence-electron chi connectivity index (χ0n) is 12.0. The summed E-state index contributed by atoms with van der Waals surface area (Å²) in [5.41, 5.74) is 0.907. The monoisotopic (exact) mass is 317 g/mol. The van der Waals surface area contributed by atoms with E-state index < -0.39 is 23.8 Å². The maximum atomic E-state index is 13.2. The number of rotatable bonds is 4. The van der Waals surface area contributed by atoms with Gasteiger partial charge >= 0.3 is 5.97 Å². The van der Waals surface area contributed by atoms with Crippen LogP contribution < -0.4 is 10.9 Å². The number of H-pyrrole nitrogens is 2. The molecule has 0 bridgehead atoms. The van der Waals surface area contributed by atoms with Gasteiger partial charge in [0.2, 0.25) is 11.9 Å². The Labute approximate surface area is 128 Å². The molecule has 2 heterocycles. The molecule has 2 aromatic heterocycles. The largest absolute Gasteiger partial charge is 0.481 e. The third-order valence-corrected chi connectivity index (χ3v) is 3.23. The van der Waals surface area contributed by atoms with Crippen LogP contribution in [0.1, 0.15) is 11.3 Å². The number of hydrogen-bond donors (Lipinski definition) is 4. The first-order valence-electron chi connectivity index (χ1n) is 6.66. The predicted octanol–water partition coefficient (Wildman–Crippen LogP) is 1.46. The second kappa shape index (κ2) is 5.52. The normalized spacial score (nSPS) is 10.9. The maximum Gasteiger partial charge on any atom is 0.308 e. The van der Waals surface area contributed by atoms with Gasteiger partial charge in [0, 0.05) is 5.56 Å². The van der Waals surface area contributed by atoms with E-state index in [-0.39, 0.29) is 17.5 Å². The average Bonchev–Trinajstić information content (AvgIpc) is 2.84. The highest BCUT2D eigenvalue weighted by atomic mass is 19.1. The summed E-state index contributed by atoms with van der Waals surface area (Å²) in [4.78, 5) is 36.3. The van der Waals surface area contributed by atoms with Gasteiger partial charge in [-0.1, -0.05) is 0 Å². The lowest BCUT2D eigenvalue weighted by Crippen LogP contribution is -2.21. The number of carbonyl (C=O) groups is 1. The molecule has 0 aliphatic heterocycles. The van der Waals surface area contributed by atoms with Gasteiger partial charge in [-0.3, -0.25) is 19.9 Å². The van der Waals surface area contributed by atoms with Crippen LogP contribution in [0.5, 0.6) is 0 Å². The number of hydrogen-bond acceptors (Lipinski definition) is 5. The summed E-state index contributed by atoms with van der Waals surface area (Å²) in [5.74, 6) is -1.12. The van der Waals surface area contributed by atoms with Crippen molar-refractivity contribution in [3.63, 3.8) is 0 Å². The highest BCUT2D eigenvalue weighted by molar-refractivity contribution is 5.78. The molecular weight excluding hydrogens is 305 g/mol. The molecule has 0 aliphatic carbocycles. The van der Waals surface area contributed by atoms with Crippen molar-refractivity contribution < 1.29 is 14.3 Å². The Kier molecular flexibility index (Phi) is 3.53. The number of nitrogens with zero attached hydrogens (tertiary/aromatic N) is 2. The number of aliphatic carboxylic acids is 1. The van der Waals surface area contributed by atoms with Gasteiger partial charge in [0.05, 0.1) is 23.1 Å². The van der Waals surface area contributed by atoms with Crippen LogP contribution in [0.15, 0.2) is 23.0 Å². The van der Waals surface area contributed by atoms with Crippen molar-refractivity contribution in [3.8, 4) is 0 Å². The summed E-state index contributed by atoms with van der Waals surface area (Å²) >= 11 is 0. The number of carboxylic acids is 1. The molecule has 0 amide bonds. The van der Waals surface area contributed by atoms with E-state index in [0.717, 1.165) is 0 Å². The molecule has 0 spiro atoms. The molecule has 0 saturated carbocycles. The van der Waals surface area contributed by atoms with Crippen molar-refractivity contribution in [2.24, 2.45) is 0 Å². The van der Waals surface area contributed by atoms with E-state index in [1.165, 1.54) is 18.2 Å². The van der Waals surface area contributed by atoms with Crippen molar-refractivity contribution in [2.45, 2.75) is 13.3 Å². The van der Waals surface area contributed by atoms with Crippen molar-refractivity contribution in [3.05, 3.63) is 45.6 Å². The standard InChI is InChI=1S/C14H12FN5O3/c1-6-8(5-11(21)22)12(23)19-13(16-6)20-14-17-9-3-2-7(15)4-10(9)18-14/h2-4H,5H2,1H3,(H,21,22)(H3,16,17,18,19,20,23). The Balaban J connectivity index is 1.92. The van der Waals surface area contributed by atoms with Crippen molar-refractivity contribution in [2.75, 3.05) is 5.32 Å². The molecule has 9 heteroatoms. The number of carboxylic acid groups (broad SMARTS) is 1. The number of aromatic amines is 2. The van der Waals surface area contributed by atoms with E-state index in [9.17, 15) is 14.0 Å². The highest BCUT2D eigenvalue weighted by Crippen LogP contribution is 2.17. The molecule has 1 aromatic carbocycles. The van der Waals surface area contributed by atoms with Crippen LogP contribution in [0.25, 0.3) is 11.0 Å². The van der Waals surface area contributed by atoms with Gasteiger partial charge in [-0.05, 0) is 25.1 Å². The molecule has 0 aliphatic rings. The number of fused-ring (bicyclic) bond motifs is 1. The SMILES string of the molecule is Cc1nc(Nc2nc3ccc(F)cc3[nH]2)[nH]c(=O)c1CC(=O)O. The van der Waals surface area contributed by atoms with Crippen LogP contribution in [0.4, 0.5) is 16.3 Å². The lowest BCUT2D eigenvalue weighted by atomic mass is 10.2. The van der Waals surface area contributed by atoms with Gasteiger partial charge in [0.25, 0.3) is 5.56 Å². The van der Waals surface area contributed by atoms with E-state index >= 15 is 0 Å². The van der Waals surface area contributed by atoms with Gasteiger partial charge in [-0.2, -0.15) is 0 Å². The van der Waals surface area contributed by atoms with Crippen LogP contribution in [0.3, 0.4) is 0 Å². The van der Waals surface area contributed by atoms with Crippen LogP contribution in [0.2, 0.25) is 0 Å². The molecular formula is C14H12FN5O3. The molecule has 0 fully saturated rings. The smallest absolute Gasteiger partial charge is 0.308 e. The minimum Gasteiger partial charge on any atom is -0.481 e. The fourth-order valence-electron chi connectivity index (χ4n) is 2.18. The third-order valence-electron chi connectivity index (χ3n) is 3.23. The van der Waals surface area contributed by atoms with Gasteiger partial charge in [0.15, 0.2) is 0 Å². The average molecular weight is 317 g/mol. The van der Waals surface area contributed by atoms with E-state index in [0.29, 0.717) is 16.7 Å². The summed E-state index contributed by atoms with van der Waals surface area (Å²) in [5, 5.41) is 11.6. The number of halogens is 1. The van der Waals surface area contributed by atoms with E-state index in [2.05, 4.69) is 25.3 Å². The lowest BCUT2D eigenvalue weighted by Gasteiger charge is -2.05. The number of imidazole rings is 1. The quantitative estimate of drug-likeness (QED) is 0.577. The number of aryl methyl sites for hydroxylation is 1. The van der Waals surface area contributed by atoms with Gasteiger partial charge in [0.1, 0.15) is 5.82 Å². The lowest BCUT2D eigenvalue weighted by molar-refractivity contribution is -0.136. The molecule has 3 aromatic rings. The van der Waals surface area contributed by atoms with Gasteiger partial charge in [-0.25, -0.2) is 14.4 Å². The van der Waals surface area contributed by atoms with Crippen molar-refractivity contribution in [1.82, 2.24) is 19.9 Å². The summed E-state index contributed by atoms with van der Waals surface area (Å²) in [6, 6.07) is 4.10. The fourth-order valence-corrected chi connectivity index (χ4v) is 2.18. The zero-order chi connectivity index (χ0) is 16.6. The van der Waals surface area contributed by atoms with Crippen LogP contribution in [-0.2, 0) is 11.2 Å². The molecule has 0 unspecified atom stereocenters. The summed E-state index contributed by atoms with van der Waals surface area (Å²) in [6.45, 7) is 1.55. The first-order valence-corrected chi connectivity index (χ1v) is 6.66. The minimum atomic E-state index is -1.11. The topological polar surface area (TPSA) is 124 Å². The zero-order valence-corrected chi connectivity index (χ0v) is 12.0. The third kappa shape index (κ3) is 3.03. The Bertz CT molecular complexity index is 963. The molecule has 4 N–H and O–H groups in total. The summed E-state index contributed by atoms with van der Waals surface area (Å²) < 4.78 is 13.2. The predicted molar refractivity (Wildman–Crippen MR) is 80.3 cm³/mol. The van der Waals surface area contributed by atoms with E-state index in [1.807, 2.05) is 0 Å². The number of benzene rings is 1. The molecule has 118 valence electrons. The molecule has 0 atom stereocenters. The molecule has 23 heavy (non-hydrogen) atoms. The van der Waals surface area contributed by atoms with Crippen molar-refractivity contribution >= 4 is 28.9 Å². The van der Waals surface area contributed by atoms with E-state index in [4.69, 9.17) is 5.11 Å². The Morgan fingerprint density at radius 3 is 2.74 bits per heavy atom. The molecule has 0 saturated heterocycles. The van der Waals surface area contributed by atoms with E-state index in [1.54, 1.807) is 6.92 Å². The first-order chi connectivity index (χ1) is 10.9. The maximum absolute atomic E-state index is 13.2. The number of aromatic nitrogens is 4. The van der Waals surface area contributed by atoms with Crippen molar-refractivity contribution in [1.29, 1.82) is 0 Å². The van der Waals surface area contributed by atoms with Crippen LogP contribution in [-0.4, -0.2) is 31.0 Å². The first kappa shape index (κ1) is 14.7. The summed E-state index contributed by atoms with van der Waals surface area (Å²) in [6.07, 6.45) is -0.404. The Morgan fingerprint density at radius 1 is 1.30 bits per heavy atom. The highest BCUT2D eigenvalue weighted by Gasteiger charge is 2.12. The Morgan fingerprint density at radius 2 is 2.04 bits per heavy atom. The number of anilines is 2. The molecule has 3 rings (SSSR count). The van der Waals surface area contributed by atoms with Crippen LogP contribution >= 0.6 is 0 Å². The molecule has 8 nitrogen and oxygen atoms in total.